The number of carbonyl (C=O) groups is 1. The van der Waals surface area contributed by atoms with Crippen LogP contribution in [-0.2, 0) is 0 Å². The van der Waals surface area contributed by atoms with E-state index in [1.807, 2.05) is 0 Å². The van der Waals surface area contributed by atoms with Gasteiger partial charge in [0.1, 0.15) is 0 Å². The van der Waals surface area contributed by atoms with Crippen LogP contribution in [0.4, 0.5) is 0 Å². The highest BCUT2D eigenvalue weighted by Gasteiger charge is 2.06. The highest BCUT2D eigenvalue weighted by atomic mass is 16.3. The number of rotatable bonds is 5. The molecule has 0 bridgehead atoms. The first-order valence-corrected chi connectivity index (χ1v) is 4.41. The van der Waals surface area contributed by atoms with E-state index in [1.54, 1.807) is 12.1 Å². The van der Waals surface area contributed by atoms with Crippen molar-refractivity contribution in [3.63, 3.8) is 0 Å². The minimum absolute atomic E-state index is 0.119. The van der Waals surface area contributed by atoms with Crippen LogP contribution in [0.3, 0.4) is 0 Å². The highest BCUT2D eigenvalue weighted by molar-refractivity contribution is 5.93. The van der Waals surface area contributed by atoms with Crippen molar-refractivity contribution in [1.29, 1.82) is 0 Å². The average Bonchev–Trinajstić information content (AvgIpc) is 2.56. The summed E-state index contributed by atoms with van der Waals surface area (Å²) in [7, 11) is 0. The number of ketones is 1. The van der Waals surface area contributed by atoms with E-state index in [2.05, 4.69) is 6.92 Å². The average molecular weight is 166 g/mol. The van der Waals surface area contributed by atoms with Gasteiger partial charge in [0, 0.05) is 6.42 Å². The van der Waals surface area contributed by atoms with Gasteiger partial charge in [-0.1, -0.05) is 19.8 Å². The van der Waals surface area contributed by atoms with Crippen LogP contribution in [0.15, 0.2) is 22.8 Å². The second-order valence-corrected chi connectivity index (χ2v) is 2.86. The van der Waals surface area contributed by atoms with Gasteiger partial charge in [-0.25, -0.2) is 0 Å². The van der Waals surface area contributed by atoms with Crippen molar-refractivity contribution in [2.24, 2.45) is 0 Å². The molecule has 0 aliphatic heterocycles. The third kappa shape index (κ3) is 2.53. The third-order valence-corrected chi connectivity index (χ3v) is 1.80. The predicted octanol–water partition coefficient (Wildman–Crippen LogP) is 3.04. The summed E-state index contributed by atoms with van der Waals surface area (Å²) in [4.78, 5) is 11.3. The lowest BCUT2D eigenvalue weighted by Crippen LogP contribution is -1.96. The Balaban J connectivity index is 2.30. The van der Waals surface area contributed by atoms with Crippen LogP contribution in [0, 0.1) is 0 Å². The van der Waals surface area contributed by atoms with Gasteiger partial charge in [0.25, 0.3) is 0 Å². The van der Waals surface area contributed by atoms with E-state index in [0.717, 1.165) is 19.3 Å². The van der Waals surface area contributed by atoms with E-state index in [0.29, 0.717) is 12.2 Å². The van der Waals surface area contributed by atoms with Gasteiger partial charge < -0.3 is 4.42 Å². The van der Waals surface area contributed by atoms with E-state index in [1.165, 1.54) is 6.26 Å². The molecule has 1 heterocycles. The first-order valence-electron chi connectivity index (χ1n) is 4.41. The Morgan fingerprint density at radius 1 is 1.50 bits per heavy atom. The topological polar surface area (TPSA) is 30.2 Å². The molecule has 1 rings (SSSR count). The quantitative estimate of drug-likeness (QED) is 0.497. The zero-order valence-electron chi connectivity index (χ0n) is 7.38. The molecule has 0 amide bonds. The largest absolute Gasteiger partial charge is 0.461 e. The van der Waals surface area contributed by atoms with Crippen LogP contribution in [0.1, 0.15) is 43.2 Å². The van der Waals surface area contributed by atoms with E-state index < -0.39 is 0 Å². The molecule has 1 aromatic heterocycles. The molecule has 2 heteroatoms. The number of carbonyl (C=O) groups excluding carboxylic acids is 1. The molecule has 0 saturated carbocycles. The molecular formula is C10H14O2. The minimum atomic E-state index is 0.119. The van der Waals surface area contributed by atoms with Crippen LogP contribution >= 0.6 is 0 Å². The van der Waals surface area contributed by atoms with Crippen molar-refractivity contribution < 1.29 is 9.21 Å². The molecule has 12 heavy (non-hydrogen) atoms. The summed E-state index contributed by atoms with van der Waals surface area (Å²) in [5, 5.41) is 0. The molecule has 0 radical (unpaired) electrons. The van der Waals surface area contributed by atoms with Gasteiger partial charge in [-0.3, -0.25) is 4.79 Å². The summed E-state index contributed by atoms with van der Waals surface area (Å²) in [6, 6.07) is 3.46. The Hall–Kier alpha value is -1.05. The minimum Gasteiger partial charge on any atom is -0.461 e. The maximum Gasteiger partial charge on any atom is 0.197 e. The zero-order chi connectivity index (χ0) is 8.81. The van der Waals surface area contributed by atoms with Gasteiger partial charge in [-0.2, -0.15) is 0 Å². The molecule has 0 atom stereocenters. The number of unbranched alkanes of at least 4 members (excludes halogenated alkanes) is 2. The first-order chi connectivity index (χ1) is 5.84. The van der Waals surface area contributed by atoms with Crippen molar-refractivity contribution in [3.05, 3.63) is 24.2 Å². The molecule has 0 aromatic carbocycles. The molecule has 0 aliphatic rings. The molecule has 0 saturated heterocycles. The van der Waals surface area contributed by atoms with Crippen molar-refractivity contribution >= 4 is 5.78 Å². The monoisotopic (exact) mass is 166 g/mol. The van der Waals surface area contributed by atoms with E-state index in [9.17, 15) is 4.79 Å². The second kappa shape index (κ2) is 4.75. The smallest absolute Gasteiger partial charge is 0.197 e. The Bertz CT molecular complexity index is 224. The van der Waals surface area contributed by atoms with Gasteiger partial charge in [-0.15, -0.1) is 0 Å². The predicted molar refractivity (Wildman–Crippen MR) is 47.2 cm³/mol. The number of hydrogen-bond donors (Lipinski definition) is 0. The van der Waals surface area contributed by atoms with Gasteiger partial charge in [0.15, 0.2) is 11.5 Å². The van der Waals surface area contributed by atoms with Gasteiger partial charge in [-0.05, 0) is 18.6 Å². The number of Topliss-reactive ketones (excluding diaryl/α,β-unsaturated/α-hetero) is 1. The third-order valence-electron chi connectivity index (χ3n) is 1.80. The van der Waals surface area contributed by atoms with Gasteiger partial charge in [0.2, 0.25) is 0 Å². The SMILES string of the molecule is CCCCCC(=O)c1ccco1. The lowest BCUT2D eigenvalue weighted by molar-refractivity contribution is 0.0952. The van der Waals surface area contributed by atoms with Crippen LogP contribution < -0.4 is 0 Å². The Labute approximate surface area is 72.6 Å². The molecule has 0 N–H and O–H groups in total. The van der Waals surface area contributed by atoms with Crippen molar-refractivity contribution in [3.8, 4) is 0 Å². The van der Waals surface area contributed by atoms with Crippen LogP contribution in [0.5, 0.6) is 0 Å². The molecular weight excluding hydrogens is 152 g/mol. The van der Waals surface area contributed by atoms with E-state index in [-0.39, 0.29) is 5.78 Å². The van der Waals surface area contributed by atoms with Crippen LogP contribution in [0.25, 0.3) is 0 Å². The van der Waals surface area contributed by atoms with Crippen molar-refractivity contribution in [2.45, 2.75) is 32.6 Å². The molecule has 0 spiro atoms. The fourth-order valence-electron chi connectivity index (χ4n) is 1.10. The summed E-state index contributed by atoms with van der Waals surface area (Å²) in [6.07, 6.45) is 5.38. The standard InChI is InChI=1S/C10H14O2/c1-2-3-4-6-9(11)10-7-5-8-12-10/h5,7-8H,2-4,6H2,1H3. The Morgan fingerprint density at radius 3 is 2.92 bits per heavy atom. The zero-order valence-corrected chi connectivity index (χ0v) is 7.38. The van der Waals surface area contributed by atoms with E-state index in [4.69, 9.17) is 4.42 Å². The fraction of sp³-hybridized carbons (Fsp3) is 0.500. The van der Waals surface area contributed by atoms with Crippen molar-refractivity contribution in [2.75, 3.05) is 0 Å². The van der Waals surface area contributed by atoms with Gasteiger partial charge >= 0.3 is 0 Å². The summed E-state index contributed by atoms with van der Waals surface area (Å²) < 4.78 is 4.98. The maximum atomic E-state index is 11.3. The van der Waals surface area contributed by atoms with E-state index >= 15 is 0 Å². The molecule has 1 aromatic rings. The van der Waals surface area contributed by atoms with Crippen LogP contribution in [-0.4, -0.2) is 5.78 Å². The number of hydrogen-bond acceptors (Lipinski definition) is 2. The highest BCUT2D eigenvalue weighted by Crippen LogP contribution is 2.08. The first kappa shape index (κ1) is 9.04. The molecule has 0 aliphatic carbocycles. The summed E-state index contributed by atoms with van der Waals surface area (Å²) in [5.41, 5.74) is 0. The fourth-order valence-corrected chi connectivity index (χ4v) is 1.10. The number of furan rings is 1. The molecule has 0 unspecified atom stereocenters. The molecule has 0 fully saturated rings. The lowest BCUT2D eigenvalue weighted by atomic mass is 10.1. The lowest BCUT2D eigenvalue weighted by Gasteiger charge is -1.95. The Morgan fingerprint density at radius 2 is 2.33 bits per heavy atom. The van der Waals surface area contributed by atoms with Crippen LogP contribution in [0.2, 0.25) is 0 Å². The summed E-state index contributed by atoms with van der Waals surface area (Å²) in [5.74, 6) is 0.611. The summed E-state index contributed by atoms with van der Waals surface area (Å²) >= 11 is 0. The Kier molecular flexibility index (Phi) is 3.58. The maximum absolute atomic E-state index is 11.3. The van der Waals surface area contributed by atoms with Crippen molar-refractivity contribution in [1.82, 2.24) is 0 Å². The van der Waals surface area contributed by atoms with Gasteiger partial charge in [0.05, 0.1) is 6.26 Å². The second-order valence-electron chi connectivity index (χ2n) is 2.86. The molecule has 2 nitrogen and oxygen atoms in total. The molecule has 66 valence electrons. The summed E-state index contributed by atoms with van der Waals surface area (Å²) in [6.45, 7) is 2.12. The normalized spacial score (nSPS) is 10.1.